The maximum absolute atomic E-state index is 12.3. The average Bonchev–Trinajstić information content (AvgIpc) is 3.15. The van der Waals surface area contributed by atoms with Gasteiger partial charge in [0.1, 0.15) is 24.0 Å². The molecule has 0 saturated heterocycles. The van der Waals surface area contributed by atoms with Gasteiger partial charge in [-0.3, -0.25) is 0 Å². The average molecular weight is 710 g/mol. The zero-order valence-electron chi connectivity index (χ0n) is 30.2. The van der Waals surface area contributed by atoms with E-state index in [0.717, 1.165) is 106 Å². The number of ether oxygens (including phenoxy) is 4. The van der Waals surface area contributed by atoms with E-state index in [9.17, 15) is 9.90 Å². The third-order valence-corrected chi connectivity index (χ3v) is 8.91. The Hall–Kier alpha value is -3.46. The third-order valence-electron chi connectivity index (χ3n) is 8.91. The number of rotatable bonds is 29. The normalized spacial score (nSPS) is 13.3. The number of aliphatic carboxylic acids is 1. The van der Waals surface area contributed by atoms with Crippen LogP contribution in [0.2, 0.25) is 0 Å². The molecule has 0 bridgehead atoms. The minimum atomic E-state index is -0.909. The van der Waals surface area contributed by atoms with Crippen molar-refractivity contribution in [1.29, 1.82) is 0 Å². The van der Waals surface area contributed by atoms with E-state index in [4.69, 9.17) is 29.7 Å². The van der Waals surface area contributed by atoms with Crippen molar-refractivity contribution in [1.82, 2.24) is 19.9 Å². The number of fused-ring (bicyclic) bond motifs is 2. The highest BCUT2D eigenvalue weighted by Crippen LogP contribution is 2.21. The highest BCUT2D eigenvalue weighted by molar-refractivity contribution is 5.90. The van der Waals surface area contributed by atoms with Crippen molar-refractivity contribution in [2.75, 3.05) is 96.2 Å². The number of aromatic nitrogens is 3. The zero-order valence-corrected chi connectivity index (χ0v) is 30.2. The van der Waals surface area contributed by atoms with Gasteiger partial charge in [0.2, 0.25) is 0 Å². The topological polar surface area (TPSA) is 166 Å². The number of aryl methyl sites for hydroxylation is 2. The maximum atomic E-state index is 12.3. The number of carboxylic acids is 1. The Balaban J connectivity index is 1.15. The number of nitrogens with zero attached hydrogens (tertiary/aromatic N) is 4. The number of hydrogen-bond donors (Lipinski definition) is 4. The van der Waals surface area contributed by atoms with Crippen LogP contribution in [0, 0.1) is 0 Å². The minimum Gasteiger partial charge on any atom is -0.480 e. The van der Waals surface area contributed by atoms with Gasteiger partial charge in [0.25, 0.3) is 0 Å². The molecule has 0 spiro atoms. The van der Waals surface area contributed by atoms with Crippen LogP contribution in [-0.4, -0.2) is 123 Å². The second-order valence-electron chi connectivity index (χ2n) is 12.9. The molecule has 13 nitrogen and oxygen atoms in total. The van der Waals surface area contributed by atoms with Crippen LogP contribution in [0.5, 0.6) is 0 Å². The molecule has 282 valence electrons. The number of para-hydroxylation sites is 1. The first kappa shape index (κ1) is 40.3. The Labute approximate surface area is 303 Å². The Kier molecular flexibility index (Phi) is 19.5. The number of carbonyl (C=O) groups is 1. The van der Waals surface area contributed by atoms with Gasteiger partial charge in [-0.1, -0.05) is 24.6 Å². The van der Waals surface area contributed by atoms with Gasteiger partial charge in [-0.25, -0.2) is 19.7 Å². The first-order valence-corrected chi connectivity index (χ1v) is 18.8. The number of benzene rings is 1. The van der Waals surface area contributed by atoms with E-state index in [-0.39, 0.29) is 0 Å². The Morgan fingerprint density at radius 1 is 0.843 bits per heavy atom. The Bertz CT molecular complexity index is 1390. The van der Waals surface area contributed by atoms with Gasteiger partial charge >= 0.3 is 5.97 Å². The molecule has 51 heavy (non-hydrogen) atoms. The van der Waals surface area contributed by atoms with Crippen LogP contribution in [0.15, 0.2) is 42.7 Å². The van der Waals surface area contributed by atoms with E-state index in [2.05, 4.69) is 37.6 Å². The van der Waals surface area contributed by atoms with Crippen molar-refractivity contribution in [3.63, 3.8) is 0 Å². The van der Waals surface area contributed by atoms with Crippen molar-refractivity contribution >= 4 is 28.5 Å². The lowest BCUT2D eigenvalue weighted by Crippen LogP contribution is -2.37. The summed E-state index contributed by atoms with van der Waals surface area (Å²) >= 11 is 0. The van der Waals surface area contributed by atoms with Crippen LogP contribution < -0.4 is 16.4 Å². The van der Waals surface area contributed by atoms with Gasteiger partial charge < -0.3 is 45.3 Å². The molecule has 5 N–H and O–H groups in total. The van der Waals surface area contributed by atoms with Gasteiger partial charge in [0, 0.05) is 37.3 Å². The summed E-state index contributed by atoms with van der Waals surface area (Å²) in [6, 6.07) is 11.2. The fourth-order valence-corrected chi connectivity index (χ4v) is 6.00. The predicted octanol–water partition coefficient (Wildman–Crippen LogP) is 4.55. The molecular formula is C38H59N7O6. The summed E-state index contributed by atoms with van der Waals surface area (Å²) < 4.78 is 22.7. The Morgan fingerprint density at radius 3 is 2.37 bits per heavy atom. The van der Waals surface area contributed by atoms with Crippen LogP contribution in [0.3, 0.4) is 0 Å². The molecule has 1 aliphatic heterocycles. The van der Waals surface area contributed by atoms with Crippen LogP contribution in [-0.2, 0) is 36.6 Å². The molecule has 3 aromatic rings. The summed E-state index contributed by atoms with van der Waals surface area (Å²) in [4.78, 5) is 28.1. The molecule has 1 aliphatic rings. The van der Waals surface area contributed by atoms with Crippen molar-refractivity contribution < 1.29 is 28.8 Å². The molecule has 0 amide bonds. The largest absolute Gasteiger partial charge is 0.480 e. The van der Waals surface area contributed by atoms with Crippen molar-refractivity contribution in [3.05, 3.63) is 54.0 Å². The fourth-order valence-electron chi connectivity index (χ4n) is 6.00. The van der Waals surface area contributed by atoms with E-state index in [1.807, 2.05) is 24.3 Å². The molecule has 0 aliphatic carbocycles. The monoisotopic (exact) mass is 709 g/mol. The van der Waals surface area contributed by atoms with E-state index < -0.39 is 12.0 Å². The molecule has 4 rings (SSSR count). The van der Waals surface area contributed by atoms with Gasteiger partial charge in [-0.15, -0.1) is 0 Å². The summed E-state index contributed by atoms with van der Waals surface area (Å²) in [5.41, 5.74) is 8.72. The van der Waals surface area contributed by atoms with E-state index in [1.165, 1.54) is 11.9 Å². The summed E-state index contributed by atoms with van der Waals surface area (Å²) in [6.07, 6.45) is 11.4. The molecular weight excluding hydrogens is 650 g/mol. The summed E-state index contributed by atoms with van der Waals surface area (Å²) in [5, 5.41) is 17.5. The number of unbranched alkanes of at least 4 members (excludes halogenated alkanes) is 4. The molecule has 0 radical (unpaired) electrons. The number of carboxylic acid groups (broad SMARTS) is 1. The highest BCUT2D eigenvalue weighted by atomic mass is 16.6. The van der Waals surface area contributed by atoms with Crippen molar-refractivity contribution in [2.45, 2.75) is 70.3 Å². The molecule has 2 aromatic heterocycles. The molecule has 3 heterocycles. The van der Waals surface area contributed by atoms with Crippen LogP contribution in [0.1, 0.15) is 62.6 Å². The van der Waals surface area contributed by atoms with Crippen LogP contribution in [0.25, 0.3) is 10.9 Å². The molecule has 13 heteroatoms. The summed E-state index contributed by atoms with van der Waals surface area (Å²) in [7, 11) is 0. The lowest BCUT2D eigenvalue weighted by atomic mass is 10.1. The first-order valence-electron chi connectivity index (χ1n) is 18.8. The zero-order chi connectivity index (χ0) is 35.8. The standard InChI is InChI=1S/C38H59N7O6/c39-17-6-2-8-22-48-24-26-50-28-29-51-27-25-49-23-21-45(19-7-1-3-11-32-15-14-31-10-9-18-40-36(31)43-32)20-16-35(38(46)47)44-37-33-12-4-5-13-34(33)41-30-42-37/h4-5,12-15,30,35H,1-3,6-11,16-29,39H2,(H,40,43)(H,46,47)(H,41,42,44). The summed E-state index contributed by atoms with van der Waals surface area (Å²) in [5.74, 6) is 0.667. The second-order valence-corrected chi connectivity index (χ2v) is 12.9. The number of anilines is 2. The lowest BCUT2D eigenvalue weighted by molar-refractivity contribution is -0.138. The quantitative estimate of drug-likeness (QED) is 0.0743. The Morgan fingerprint density at radius 2 is 1.59 bits per heavy atom. The van der Waals surface area contributed by atoms with Gasteiger partial charge in [0.15, 0.2) is 0 Å². The van der Waals surface area contributed by atoms with Gasteiger partial charge in [0.05, 0.1) is 51.8 Å². The van der Waals surface area contributed by atoms with Gasteiger partial charge in [-0.2, -0.15) is 0 Å². The second kappa shape index (κ2) is 24.7. The fraction of sp³-hybridized carbons (Fsp3) is 0.632. The molecule has 1 aromatic carbocycles. The lowest BCUT2D eigenvalue weighted by Gasteiger charge is -2.25. The van der Waals surface area contributed by atoms with E-state index in [1.54, 1.807) is 0 Å². The molecule has 1 unspecified atom stereocenters. The van der Waals surface area contributed by atoms with Crippen molar-refractivity contribution in [2.24, 2.45) is 5.73 Å². The SMILES string of the molecule is NCCCCCOCCOCCOCCOCCN(CCCCCc1ccc2c(n1)NCCC2)CCC(Nc1ncnc2ccccc12)C(=O)O. The predicted molar refractivity (Wildman–Crippen MR) is 200 cm³/mol. The minimum absolute atomic E-state index is 0.419. The van der Waals surface area contributed by atoms with Crippen LogP contribution in [0.4, 0.5) is 11.6 Å². The first-order chi connectivity index (χ1) is 25.1. The smallest absolute Gasteiger partial charge is 0.326 e. The number of nitrogens with two attached hydrogens (primary N) is 1. The van der Waals surface area contributed by atoms with E-state index >= 15 is 0 Å². The molecule has 0 fully saturated rings. The van der Waals surface area contributed by atoms with Crippen LogP contribution >= 0.6 is 0 Å². The number of nitrogens with one attached hydrogen (secondary N) is 2. The van der Waals surface area contributed by atoms with E-state index in [0.29, 0.717) is 71.6 Å². The number of hydrogen-bond acceptors (Lipinski definition) is 12. The van der Waals surface area contributed by atoms with Crippen molar-refractivity contribution in [3.8, 4) is 0 Å². The molecule has 0 saturated carbocycles. The van der Waals surface area contributed by atoms with Gasteiger partial charge in [-0.05, 0) is 94.6 Å². The summed E-state index contributed by atoms with van der Waals surface area (Å²) in [6.45, 7) is 8.34. The highest BCUT2D eigenvalue weighted by Gasteiger charge is 2.20. The molecule has 1 atom stereocenters. The maximum Gasteiger partial charge on any atom is 0.326 e. The number of pyridine rings is 1. The third kappa shape index (κ3) is 15.8.